The molecule has 0 saturated heterocycles. The first-order valence-corrected chi connectivity index (χ1v) is 16.5. The largest absolute Gasteiger partial charge is 0.481 e. The number of aromatic nitrogens is 10. The Morgan fingerprint density at radius 2 is 1.22 bits per heavy atom. The second kappa shape index (κ2) is 15.5. The van der Waals surface area contributed by atoms with Crippen LogP contribution in [0.5, 0.6) is 11.8 Å². The molecule has 16 heteroatoms. The molecular formula is C38H32F2N12O2. The molecule has 0 atom stereocenters. The molecule has 0 bridgehead atoms. The van der Waals surface area contributed by atoms with Crippen LogP contribution in [0.15, 0.2) is 104 Å². The first kappa shape index (κ1) is 35.1. The number of ether oxygens (including phenoxy) is 2. The Kier molecular flexibility index (Phi) is 10.1. The van der Waals surface area contributed by atoms with Crippen molar-refractivity contribution in [2.45, 2.75) is 13.3 Å². The van der Waals surface area contributed by atoms with E-state index in [0.717, 1.165) is 35.5 Å². The van der Waals surface area contributed by atoms with Crippen molar-refractivity contribution in [1.29, 1.82) is 0 Å². The topological polar surface area (TPSA) is 154 Å². The van der Waals surface area contributed by atoms with Crippen LogP contribution >= 0.6 is 0 Å². The van der Waals surface area contributed by atoms with Crippen LogP contribution in [0.4, 0.5) is 31.8 Å². The lowest BCUT2D eigenvalue weighted by Gasteiger charge is -2.10. The molecule has 0 aliphatic rings. The maximum atomic E-state index is 14.1. The van der Waals surface area contributed by atoms with E-state index in [-0.39, 0.29) is 11.4 Å². The van der Waals surface area contributed by atoms with Crippen LogP contribution in [-0.4, -0.2) is 63.4 Å². The van der Waals surface area contributed by atoms with E-state index in [4.69, 9.17) is 9.47 Å². The third kappa shape index (κ3) is 7.48. The zero-order valence-electron chi connectivity index (χ0n) is 29.3. The Labute approximate surface area is 307 Å². The van der Waals surface area contributed by atoms with Crippen LogP contribution in [0.2, 0.25) is 0 Å². The Bertz CT molecular complexity index is 2610. The number of hydrogen-bond acceptors (Lipinski definition) is 12. The van der Waals surface area contributed by atoms with Gasteiger partial charge in [0.2, 0.25) is 23.4 Å². The van der Waals surface area contributed by atoms with Gasteiger partial charge in [-0.05, 0) is 53.9 Å². The summed E-state index contributed by atoms with van der Waals surface area (Å²) in [6.45, 7) is 5.84. The minimum Gasteiger partial charge on any atom is -0.481 e. The summed E-state index contributed by atoms with van der Waals surface area (Å²) in [5.74, 6) is 1.65. The van der Waals surface area contributed by atoms with Crippen molar-refractivity contribution in [2.75, 3.05) is 24.9 Å². The lowest BCUT2D eigenvalue weighted by atomic mass is 10.2. The monoisotopic (exact) mass is 726 g/mol. The number of nitrogens with one attached hydrogen (secondary N) is 2. The molecule has 270 valence electrons. The van der Waals surface area contributed by atoms with Crippen molar-refractivity contribution in [2.24, 2.45) is 0 Å². The lowest BCUT2D eigenvalue weighted by molar-refractivity contribution is 0.398. The van der Waals surface area contributed by atoms with E-state index in [1.807, 2.05) is 30.6 Å². The van der Waals surface area contributed by atoms with E-state index in [0.29, 0.717) is 51.9 Å². The predicted octanol–water partition coefficient (Wildman–Crippen LogP) is 7.36. The molecule has 0 aliphatic heterocycles. The lowest BCUT2D eigenvalue weighted by Crippen LogP contribution is -2.05. The van der Waals surface area contributed by atoms with Crippen molar-refractivity contribution in [3.05, 3.63) is 127 Å². The molecule has 8 rings (SSSR count). The Morgan fingerprint density at radius 3 is 1.70 bits per heavy atom. The Morgan fingerprint density at radius 1 is 0.704 bits per heavy atom. The first-order valence-electron chi connectivity index (χ1n) is 16.5. The Hall–Kier alpha value is -7.36. The summed E-state index contributed by atoms with van der Waals surface area (Å²) in [7, 11) is 3.09. The van der Waals surface area contributed by atoms with Crippen LogP contribution in [0, 0.1) is 11.6 Å². The molecule has 0 unspecified atom stereocenters. The fourth-order valence-electron chi connectivity index (χ4n) is 5.29. The van der Waals surface area contributed by atoms with E-state index in [9.17, 15) is 8.78 Å². The number of fused-ring (bicyclic) bond motifs is 2. The zero-order chi connectivity index (χ0) is 37.6. The smallest absolute Gasteiger partial charge is 0.213 e. The highest BCUT2D eigenvalue weighted by Crippen LogP contribution is 2.28. The number of pyridine rings is 4. The fourth-order valence-corrected chi connectivity index (χ4v) is 5.29. The maximum Gasteiger partial charge on any atom is 0.213 e. The maximum absolute atomic E-state index is 14.1. The number of aryl methyl sites for hydroxylation is 1. The summed E-state index contributed by atoms with van der Waals surface area (Å²) in [5.41, 5.74) is 5.01. The normalized spacial score (nSPS) is 10.8. The van der Waals surface area contributed by atoms with Gasteiger partial charge in [-0.2, -0.15) is 0 Å². The van der Waals surface area contributed by atoms with Crippen molar-refractivity contribution in [3.8, 4) is 34.8 Å². The van der Waals surface area contributed by atoms with E-state index < -0.39 is 11.6 Å². The van der Waals surface area contributed by atoms with Crippen LogP contribution < -0.4 is 20.1 Å². The summed E-state index contributed by atoms with van der Waals surface area (Å²) in [4.78, 5) is 25.4. The van der Waals surface area contributed by atoms with Crippen molar-refractivity contribution in [3.63, 3.8) is 0 Å². The molecule has 14 nitrogen and oxygen atoms in total. The highest BCUT2D eigenvalue weighted by molar-refractivity contribution is 5.78. The second-order valence-corrected chi connectivity index (χ2v) is 11.5. The third-order valence-corrected chi connectivity index (χ3v) is 8.02. The molecule has 0 spiro atoms. The number of nitrogens with zero attached hydrogens (tertiary/aromatic N) is 10. The van der Waals surface area contributed by atoms with Crippen LogP contribution in [0.1, 0.15) is 18.1 Å². The molecule has 0 saturated carbocycles. The van der Waals surface area contributed by atoms with E-state index in [1.54, 1.807) is 58.6 Å². The summed E-state index contributed by atoms with van der Waals surface area (Å²) in [5, 5.41) is 15.1. The van der Waals surface area contributed by atoms with Gasteiger partial charge in [-0.3, -0.25) is 9.97 Å². The van der Waals surface area contributed by atoms with Crippen LogP contribution in [0.25, 0.3) is 40.1 Å². The van der Waals surface area contributed by atoms with Crippen LogP contribution in [0.3, 0.4) is 0 Å². The van der Waals surface area contributed by atoms with Gasteiger partial charge in [0.1, 0.15) is 22.4 Å². The molecule has 0 aromatic carbocycles. The van der Waals surface area contributed by atoms with Crippen molar-refractivity contribution >= 4 is 40.1 Å². The van der Waals surface area contributed by atoms with Gasteiger partial charge < -0.3 is 20.1 Å². The predicted molar refractivity (Wildman–Crippen MR) is 200 cm³/mol. The number of halogens is 2. The van der Waals surface area contributed by atoms with E-state index in [2.05, 4.69) is 64.2 Å². The molecule has 8 aromatic rings. The first-order chi connectivity index (χ1) is 26.3. The second-order valence-electron chi connectivity index (χ2n) is 11.5. The SMILES string of the molecule is C=Cc1cc2c(Nc3ccncc3F)nc(-c3cccc(OC)n3)nn2c1.CCc1cc2c(Nc3ccncc3F)nc(-c3cccc(OC)n3)nn2c1. The summed E-state index contributed by atoms with van der Waals surface area (Å²) < 4.78 is 41.8. The van der Waals surface area contributed by atoms with Gasteiger partial charge >= 0.3 is 0 Å². The fraction of sp³-hybridized carbons (Fsp3) is 0.105. The van der Waals surface area contributed by atoms with Gasteiger partial charge in [-0.1, -0.05) is 31.7 Å². The van der Waals surface area contributed by atoms with Crippen LogP contribution in [-0.2, 0) is 6.42 Å². The van der Waals surface area contributed by atoms with E-state index >= 15 is 0 Å². The molecule has 54 heavy (non-hydrogen) atoms. The van der Waals surface area contributed by atoms with Gasteiger partial charge in [0, 0.05) is 36.9 Å². The van der Waals surface area contributed by atoms with Gasteiger partial charge in [-0.25, -0.2) is 37.7 Å². The van der Waals surface area contributed by atoms with Gasteiger partial charge in [0.05, 0.1) is 38.0 Å². The molecule has 8 heterocycles. The number of rotatable bonds is 10. The van der Waals surface area contributed by atoms with E-state index in [1.165, 1.54) is 25.6 Å². The van der Waals surface area contributed by atoms with Gasteiger partial charge in [0.15, 0.2) is 23.3 Å². The molecule has 0 aliphatic carbocycles. The summed E-state index contributed by atoms with van der Waals surface area (Å²) in [6.07, 6.45) is 11.6. The summed E-state index contributed by atoms with van der Waals surface area (Å²) >= 11 is 0. The number of hydrogen-bond donors (Lipinski definition) is 2. The quantitative estimate of drug-likeness (QED) is 0.145. The standard InChI is InChI=1S/C19H17FN6O.C19H15FN6O/c2*1-3-12-9-16-19(23-14-7-8-21-10-13(14)20)24-18(25-26(16)11-12)15-5-4-6-17(22-15)27-2/h4-11H,3H2,1-2H3,(H,21,23,24,25);3-11H,1H2,2H3,(H,21,23,24,25). The molecule has 0 fully saturated rings. The van der Waals surface area contributed by atoms with Crippen molar-refractivity contribution < 1.29 is 18.3 Å². The average molecular weight is 727 g/mol. The van der Waals surface area contributed by atoms with Gasteiger partial charge in [0.25, 0.3) is 0 Å². The number of methoxy groups -OCH3 is 2. The minimum atomic E-state index is -0.481. The minimum absolute atomic E-state index is 0.261. The molecule has 8 aromatic heterocycles. The Balaban J connectivity index is 0.000000167. The zero-order valence-corrected chi connectivity index (χ0v) is 29.3. The van der Waals surface area contributed by atoms with Crippen molar-refractivity contribution in [1.82, 2.24) is 49.1 Å². The number of anilines is 4. The summed E-state index contributed by atoms with van der Waals surface area (Å²) in [6, 6.07) is 17.6. The third-order valence-electron chi connectivity index (χ3n) is 8.02. The highest BCUT2D eigenvalue weighted by Gasteiger charge is 2.16. The highest BCUT2D eigenvalue weighted by atomic mass is 19.1. The molecule has 0 amide bonds. The molecule has 0 radical (unpaired) electrons. The molecular weight excluding hydrogens is 694 g/mol. The molecule has 2 N–H and O–H groups in total. The van der Waals surface area contributed by atoms with Gasteiger partial charge in [-0.15, -0.1) is 10.2 Å². The average Bonchev–Trinajstić information content (AvgIpc) is 3.84.